The zero-order valence-corrected chi connectivity index (χ0v) is 9.23. The summed E-state index contributed by atoms with van der Waals surface area (Å²) in [5.74, 6) is -0.280. The van der Waals surface area contributed by atoms with Crippen LogP contribution in [0.5, 0.6) is 0 Å². The van der Waals surface area contributed by atoms with Gasteiger partial charge in [0.2, 0.25) is 0 Å². The lowest BCUT2D eigenvalue weighted by Gasteiger charge is -2.21. The van der Waals surface area contributed by atoms with Crippen LogP contribution >= 0.6 is 0 Å². The molecule has 0 aromatic rings. The molecule has 6 nitrogen and oxygen atoms in total. The Balaban J connectivity index is 2.47. The molecule has 1 saturated heterocycles. The fourth-order valence-corrected chi connectivity index (χ4v) is 1.43. The summed E-state index contributed by atoms with van der Waals surface area (Å²) in [6.45, 7) is 6.01. The number of hydrogen-bond acceptors (Lipinski definition) is 4. The number of ether oxygens (including phenoxy) is 1. The lowest BCUT2D eigenvalue weighted by molar-refractivity contribution is -0.157. The standard InChI is InChI=1S/C9H16N4O2/c1-9(2,3)15-8(14)7-4-6(5-11-7)12-13-10/h6-7,11H,4-5H2,1-3H3/t6-,7+/m0/s1. The molecule has 0 saturated carbocycles. The highest BCUT2D eigenvalue weighted by Crippen LogP contribution is 2.15. The van der Waals surface area contributed by atoms with Crippen LogP contribution in [0.15, 0.2) is 5.11 Å². The summed E-state index contributed by atoms with van der Waals surface area (Å²) in [4.78, 5) is 14.3. The fourth-order valence-electron chi connectivity index (χ4n) is 1.43. The molecule has 0 spiro atoms. The molecule has 84 valence electrons. The van der Waals surface area contributed by atoms with E-state index in [4.69, 9.17) is 10.3 Å². The minimum atomic E-state index is -0.477. The Labute approximate surface area is 88.6 Å². The highest BCUT2D eigenvalue weighted by molar-refractivity contribution is 5.76. The second-order valence-electron chi connectivity index (χ2n) is 4.59. The van der Waals surface area contributed by atoms with Crippen molar-refractivity contribution in [2.75, 3.05) is 6.54 Å². The van der Waals surface area contributed by atoms with Crippen LogP contribution in [0.25, 0.3) is 10.4 Å². The van der Waals surface area contributed by atoms with E-state index in [2.05, 4.69) is 15.3 Å². The first kappa shape index (κ1) is 11.8. The van der Waals surface area contributed by atoms with Gasteiger partial charge in [-0.15, -0.1) is 0 Å². The number of carbonyl (C=O) groups excluding carboxylic acids is 1. The Bertz CT molecular complexity index is 291. The van der Waals surface area contributed by atoms with Gasteiger partial charge in [0.25, 0.3) is 0 Å². The Kier molecular flexibility index (Phi) is 3.55. The molecule has 0 aliphatic carbocycles. The number of carbonyl (C=O) groups is 1. The number of rotatable bonds is 2. The molecule has 6 heteroatoms. The molecule has 1 rings (SSSR count). The van der Waals surface area contributed by atoms with Gasteiger partial charge in [0.05, 0.1) is 6.04 Å². The van der Waals surface area contributed by atoms with Crippen molar-refractivity contribution in [1.82, 2.24) is 5.32 Å². The van der Waals surface area contributed by atoms with Crippen LogP contribution < -0.4 is 5.32 Å². The highest BCUT2D eigenvalue weighted by atomic mass is 16.6. The molecule has 0 bridgehead atoms. The zero-order chi connectivity index (χ0) is 11.5. The summed E-state index contributed by atoms with van der Waals surface area (Å²) < 4.78 is 5.21. The summed E-state index contributed by atoms with van der Waals surface area (Å²) in [6, 6.07) is -0.493. The predicted molar refractivity (Wildman–Crippen MR) is 55.2 cm³/mol. The molecule has 15 heavy (non-hydrogen) atoms. The minimum Gasteiger partial charge on any atom is -0.459 e. The molecule has 1 aliphatic rings. The first-order valence-electron chi connectivity index (χ1n) is 4.93. The second kappa shape index (κ2) is 4.51. The predicted octanol–water partition coefficient (Wildman–Crippen LogP) is 1.37. The summed E-state index contributed by atoms with van der Waals surface area (Å²) in [5.41, 5.74) is 7.78. The molecule has 1 heterocycles. The van der Waals surface area contributed by atoms with Gasteiger partial charge in [-0.25, -0.2) is 0 Å². The van der Waals surface area contributed by atoms with Gasteiger partial charge in [0.15, 0.2) is 0 Å². The molecule has 0 amide bonds. The van der Waals surface area contributed by atoms with E-state index < -0.39 is 5.60 Å². The van der Waals surface area contributed by atoms with Crippen LogP contribution in [0.4, 0.5) is 0 Å². The summed E-state index contributed by atoms with van der Waals surface area (Å²) >= 11 is 0. The average Bonchev–Trinajstić information content (AvgIpc) is 2.50. The zero-order valence-electron chi connectivity index (χ0n) is 9.23. The van der Waals surface area contributed by atoms with E-state index >= 15 is 0 Å². The first-order chi connectivity index (χ1) is 6.92. The maximum Gasteiger partial charge on any atom is 0.323 e. The van der Waals surface area contributed by atoms with Crippen molar-refractivity contribution >= 4 is 5.97 Å². The van der Waals surface area contributed by atoms with Crippen molar-refractivity contribution in [3.05, 3.63) is 10.4 Å². The molecular formula is C9H16N4O2. The van der Waals surface area contributed by atoms with Crippen LogP contribution in [0.3, 0.4) is 0 Å². The third-order valence-corrected chi connectivity index (χ3v) is 2.01. The van der Waals surface area contributed by atoms with Crippen molar-refractivity contribution in [2.45, 2.75) is 44.9 Å². The first-order valence-corrected chi connectivity index (χ1v) is 4.93. The quantitative estimate of drug-likeness (QED) is 0.324. The monoisotopic (exact) mass is 212 g/mol. The smallest absolute Gasteiger partial charge is 0.323 e. The summed E-state index contributed by atoms with van der Waals surface area (Å²) in [7, 11) is 0. The lowest BCUT2D eigenvalue weighted by Crippen LogP contribution is -2.37. The van der Waals surface area contributed by atoms with E-state index in [9.17, 15) is 4.79 Å². The molecule has 0 unspecified atom stereocenters. The van der Waals surface area contributed by atoms with Gasteiger partial charge in [-0.05, 0) is 32.7 Å². The Hall–Kier alpha value is -1.26. The average molecular weight is 212 g/mol. The van der Waals surface area contributed by atoms with Gasteiger partial charge >= 0.3 is 5.97 Å². The third kappa shape index (κ3) is 3.77. The highest BCUT2D eigenvalue weighted by Gasteiger charge is 2.31. The number of nitrogens with one attached hydrogen (secondary N) is 1. The van der Waals surface area contributed by atoms with Crippen molar-refractivity contribution in [3.63, 3.8) is 0 Å². The van der Waals surface area contributed by atoms with E-state index in [0.29, 0.717) is 13.0 Å². The van der Waals surface area contributed by atoms with E-state index in [1.165, 1.54) is 0 Å². The SMILES string of the molecule is CC(C)(C)OC(=O)[C@H]1C[C@H](N=[N+]=[N-])CN1. The largest absolute Gasteiger partial charge is 0.459 e. The van der Waals surface area contributed by atoms with Gasteiger partial charge in [-0.3, -0.25) is 4.79 Å². The maximum absolute atomic E-state index is 11.6. The summed E-state index contributed by atoms with van der Waals surface area (Å²) in [5, 5.41) is 6.54. The van der Waals surface area contributed by atoms with E-state index in [1.54, 1.807) is 0 Å². The normalized spacial score (nSPS) is 25.8. The fraction of sp³-hybridized carbons (Fsp3) is 0.889. The van der Waals surface area contributed by atoms with Gasteiger partial charge in [0.1, 0.15) is 11.6 Å². The minimum absolute atomic E-state index is 0.146. The third-order valence-electron chi connectivity index (χ3n) is 2.01. The molecular weight excluding hydrogens is 196 g/mol. The molecule has 1 aliphatic heterocycles. The van der Waals surface area contributed by atoms with Crippen LogP contribution in [-0.2, 0) is 9.53 Å². The van der Waals surface area contributed by atoms with Crippen molar-refractivity contribution < 1.29 is 9.53 Å². The van der Waals surface area contributed by atoms with Crippen molar-refractivity contribution in [3.8, 4) is 0 Å². The van der Waals surface area contributed by atoms with Crippen LogP contribution in [0.2, 0.25) is 0 Å². The van der Waals surface area contributed by atoms with E-state index in [1.807, 2.05) is 20.8 Å². The van der Waals surface area contributed by atoms with Crippen molar-refractivity contribution in [1.29, 1.82) is 0 Å². The van der Waals surface area contributed by atoms with E-state index in [-0.39, 0.29) is 18.1 Å². The topological polar surface area (TPSA) is 87.1 Å². The van der Waals surface area contributed by atoms with Gasteiger partial charge in [-0.1, -0.05) is 5.11 Å². The number of hydrogen-bond donors (Lipinski definition) is 1. The Morgan fingerprint density at radius 3 is 2.80 bits per heavy atom. The molecule has 1 N–H and O–H groups in total. The molecule has 0 radical (unpaired) electrons. The number of azide groups is 1. The van der Waals surface area contributed by atoms with Crippen LogP contribution in [0, 0.1) is 0 Å². The Morgan fingerprint density at radius 1 is 1.60 bits per heavy atom. The number of nitrogens with zero attached hydrogens (tertiary/aromatic N) is 3. The molecule has 1 fully saturated rings. The molecule has 0 aromatic heterocycles. The van der Waals surface area contributed by atoms with Gasteiger partial charge < -0.3 is 10.1 Å². The van der Waals surface area contributed by atoms with Crippen LogP contribution in [-0.4, -0.2) is 30.2 Å². The molecule has 0 aromatic carbocycles. The van der Waals surface area contributed by atoms with Crippen LogP contribution in [0.1, 0.15) is 27.2 Å². The van der Waals surface area contributed by atoms with Gasteiger partial charge in [0, 0.05) is 11.5 Å². The lowest BCUT2D eigenvalue weighted by atomic mass is 10.1. The number of esters is 1. The molecule has 2 atom stereocenters. The maximum atomic E-state index is 11.6. The Morgan fingerprint density at radius 2 is 2.27 bits per heavy atom. The van der Waals surface area contributed by atoms with Crippen molar-refractivity contribution in [2.24, 2.45) is 5.11 Å². The second-order valence-corrected chi connectivity index (χ2v) is 4.59. The summed E-state index contributed by atoms with van der Waals surface area (Å²) in [6.07, 6.45) is 0.513. The van der Waals surface area contributed by atoms with Gasteiger partial charge in [-0.2, -0.15) is 0 Å². The van der Waals surface area contributed by atoms with E-state index in [0.717, 1.165) is 0 Å².